The number of aromatic nitrogens is 4. The first-order valence-corrected chi connectivity index (χ1v) is 11.3. The molecule has 5 rings (SSSR count). The van der Waals surface area contributed by atoms with E-state index in [1.807, 2.05) is 18.2 Å². The summed E-state index contributed by atoms with van der Waals surface area (Å²) in [6.07, 6.45) is 6.30. The van der Waals surface area contributed by atoms with E-state index in [1.54, 1.807) is 40.1 Å². The second kappa shape index (κ2) is 9.51. The van der Waals surface area contributed by atoms with Gasteiger partial charge in [0.25, 0.3) is 5.69 Å². The number of halogens is 1. The van der Waals surface area contributed by atoms with Crippen LogP contribution in [0.1, 0.15) is 5.56 Å². The smallest absolute Gasteiger partial charge is 0.270 e. The lowest BCUT2D eigenvalue weighted by Gasteiger charge is -2.35. The second-order valence-corrected chi connectivity index (χ2v) is 8.41. The number of amides is 1. The molecule has 1 fully saturated rings. The Labute approximate surface area is 205 Å². The maximum Gasteiger partial charge on any atom is 0.270 e. The highest BCUT2D eigenvalue weighted by Crippen LogP contribution is 2.26. The van der Waals surface area contributed by atoms with E-state index in [9.17, 15) is 14.9 Å². The van der Waals surface area contributed by atoms with Crippen molar-refractivity contribution >= 4 is 46.1 Å². The van der Waals surface area contributed by atoms with Gasteiger partial charge in [0.1, 0.15) is 12.1 Å². The van der Waals surface area contributed by atoms with E-state index in [1.165, 1.54) is 24.5 Å². The predicted molar refractivity (Wildman–Crippen MR) is 133 cm³/mol. The molecule has 0 atom stereocenters. The summed E-state index contributed by atoms with van der Waals surface area (Å²) in [4.78, 5) is 35.9. The third-order valence-corrected chi connectivity index (χ3v) is 6.02. The van der Waals surface area contributed by atoms with Gasteiger partial charge in [-0.2, -0.15) is 5.10 Å². The van der Waals surface area contributed by atoms with Gasteiger partial charge in [-0.3, -0.25) is 14.9 Å². The van der Waals surface area contributed by atoms with Gasteiger partial charge in [-0.15, -0.1) is 0 Å². The molecule has 2 aromatic carbocycles. The lowest BCUT2D eigenvalue weighted by molar-refractivity contribution is -0.384. The van der Waals surface area contributed by atoms with Crippen molar-refractivity contribution < 1.29 is 9.72 Å². The van der Waals surface area contributed by atoms with Crippen molar-refractivity contribution in [1.29, 1.82) is 0 Å². The monoisotopic (exact) mass is 489 g/mol. The highest BCUT2D eigenvalue weighted by Gasteiger charge is 2.23. The Hall–Kier alpha value is -4.31. The van der Waals surface area contributed by atoms with Crippen LogP contribution in [0, 0.1) is 10.1 Å². The fourth-order valence-corrected chi connectivity index (χ4v) is 4.22. The van der Waals surface area contributed by atoms with Crippen LogP contribution >= 0.6 is 11.6 Å². The van der Waals surface area contributed by atoms with Gasteiger partial charge in [0.15, 0.2) is 5.65 Å². The topological polar surface area (TPSA) is 110 Å². The molecule has 1 aliphatic rings. The molecule has 3 heterocycles. The van der Waals surface area contributed by atoms with Crippen molar-refractivity contribution in [2.75, 3.05) is 31.1 Å². The molecule has 11 heteroatoms. The van der Waals surface area contributed by atoms with E-state index in [0.29, 0.717) is 42.4 Å². The van der Waals surface area contributed by atoms with Gasteiger partial charge in [-0.1, -0.05) is 29.8 Å². The van der Waals surface area contributed by atoms with Gasteiger partial charge in [-0.25, -0.2) is 14.6 Å². The quantitative estimate of drug-likeness (QED) is 0.238. The molecule has 35 heavy (non-hydrogen) atoms. The Bertz CT molecular complexity index is 1440. The fourth-order valence-electron chi connectivity index (χ4n) is 4.03. The number of nitro groups is 1. The van der Waals surface area contributed by atoms with Crippen molar-refractivity contribution in [2.45, 2.75) is 0 Å². The fraction of sp³-hybridized carbons (Fsp3) is 0.167. The van der Waals surface area contributed by atoms with E-state index in [2.05, 4.69) is 20.0 Å². The van der Waals surface area contributed by atoms with Gasteiger partial charge >= 0.3 is 0 Å². The summed E-state index contributed by atoms with van der Waals surface area (Å²) >= 11 is 6.14. The highest BCUT2D eigenvalue weighted by atomic mass is 35.5. The number of hydrogen-bond acceptors (Lipinski definition) is 7. The van der Waals surface area contributed by atoms with Gasteiger partial charge in [0.05, 0.1) is 22.2 Å². The molecule has 0 aliphatic carbocycles. The van der Waals surface area contributed by atoms with Crippen LogP contribution in [-0.2, 0) is 4.79 Å². The Balaban J connectivity index is 1.28. The average Bonchev–Trinajstić information content (AvgIpc) is 3.32. The standard InChI is InChI=1S/C24H20ClN7O3/c25-18-4-2-5-19(14-18)31-24-21(15-28-31)23(26-16-27-24)30-11-9-29(10-12-30)22(33)8-7-17-3-1-6-20(13-17)32(34)35/h1-8,13-16H,9-12H2/b8-7+. The lowest BCUT2D eigenvalue weighted by atomic mass is 10.2. The van der Waals surface area contributed by atoms with Crippen LogP contribution in [0.4, 0.5) is 11.5 Å². The third kappa shape index (κ3) is 4.69. The Morgan fingerprint density at radius 3 is 2.63 bits per heavy atom. The minimum absolute atomic E-state index is 0.0111. The van der Waals surface area contributed by atoms with Crippen LogP contribution in [0.15, 0.2) is 67.1 Å². The van der Waals surface area contributed by atoms with Gasteiger partial charge in [-0.05, 0) is 29.8 Å². The minimum atomic E-state index is -0.457. The molecular formula is C24H20ClN7O3. The normalized spacial score (nSPS) is 14.1. The molecule has 1 saturated heterocycles. The number of nitro benzene ring substituents is 1. The Kier molecular flexibility index (Phi) is 6.11. The van der Waals surface area contributed by atoms with E-state index in [4.69, 9.17) is 11.6 Å². The van der Waals surface area contributed by atoms with E-state index in [-0.39, 0.29) is 11.6 Å². The van der Waals surface area contributed by atoms with Crippen molar-refractivity contribution in [3.63, 3.8) is 0 Å². The van der Waals surface area contributed by atoms with Crippen LogP contribution in [0.2, 0.25) is 5.02 Å². The van der Waals surface area contributed by atoms with Crippen molar-refractivity contribution in [3.8, 4) is 5.69 Å². The molecule has 10 nitrogen and oxygen atoms in total. The number of rotatable bonds is 5. The molecule has 1 amide bonds. The summed E-state index contributed by atoms with van der Waals surface area (Å²) in [6, 6.07) is 13.6. The zero-order valence-electron chi connectivity index (χ0n) is 18.5. The highest BCUT2D eigenvalue weighted by molar-refractivity contribution is 6.30. The first kappa shape index (κ1) is 22.5. The average molecular weight is 490 g/mol. The number of benzene rings is 2. The molecule has 0 radical (unpaired) electrons. The van der Waals surface area contributed by atoms with Crippen LogP contribution in [0.3, 0.4) is 0 Å². The van der Waals surface area contributed by atoms with E-state index in [0.717, 1.165) is 16.9 Å². The Morgan fingerprint density at radius 1 is 1.06 bits per heavy atom. The number of nitrogens with zero attached hydrogens (tertiary/aromatic N) is 7. The molecule has 2 aromatic heterocycles. The maximum atomic E-state index is 12.7. The van der Waals surface area contributed by atoms with Gasteiger partial charge in [0, 0.05) is 49.4 Å². The van der Waals surface area contributed by atoms with Crippen molar-refractivity contribution in [3.05, 3.63) is 87.8 Å². The summed E-state index contributed by atoms with van der Waals surface area (Å²) in [7, 11) is 0. The molecule has 0 N–H and O–H groups in total. The van der Waals surface area contributed by atoms with E-state index < -0.39 is 4.92 Å². The molecule has 0 bridgehead atoms. The second-order valence-electron chi connectivity index (χ2n) is 7.97. The molecule has 0 saturated carbocycles. The first-order valence-electron chi connectivity index (χ1n) is 10.9. The number of fused-ring (bicyclic) bond motifs is 1. The van der Waals surface area contributed by atoms with Gasteiger partial charge < -0.3 is 9.80 Å². The van der Waals surface area contributed by atoms with E-state index >= 15 is 0 Å². The third-order valence-electron chi connectivity index (χ3n) is 5.79. The summed E-state index contributed by atoms with van der Waals surface area (Å²) in [6.45, 7) is 2.24. The summed E-state index contributed by atoms with van der Waals surface area (Å²) in [5, 5.41) is 16.9. The zero-order valence-corrected chi connectivity index (χ0v) is 19.2. The number of piperazine rings is 1. The van der Waals surface area contributed by atoms with Crippen LogP contribution in [0.5, 0.6) is 0 Å². The van der Waals surface area contributed by atoms with Crippen molar-refractivity contribution in [1.82, 2.24) is 24.6 Å². The first-order chi connectivity index (χ1) is 17.0. The SMILES string of the molecule is O=C(/C=C/c1cccc([N+](=O)[O-])c1)N1CCN(c2ncnc3c2cnn3-c2cccc(Cl)c2)CC1. The molecule has 0 spiro atoms. The predicted octanol–water partition coefficient (Wildman–Crippen LogP) is 3.74. The summed E-state index contributed by atoms with van der Waals surface area (Å²) in [5.41, 5.74) is 2.08. The van der Waals surface area contributed by atoms with Crippen LogP contribution in [0.25, 0.3) is 22.8 Å². The molecule has 1 aliphatic heterocycles. The van der Waals surface area contributed by atoms with Crippen LogP contribution in [-0.4, -0.2) is 61.7 Å². The lowest BCUT2D eigenvalue weighted by Crippen LogP contribution is -2.48. The number of carbonyl (C=O) groups is 1. The summed E-state index contributed by atoms with van der Waals surface area (Å²) in [5.74, 6) is 0.625. The maximum absolute atomic E-state index is 12.7. The molecule has 0 unspecified atom stereocenters. The van der Waals surface area contributed by atoms with Crippen LogP contribution < -0.4 is 4.90 Å². The minimum Gasteiger partial charge on any atom is -0.352 e. The number of anilines is 1. The van der Waals surface area contributed by atoms with Crippen molar-refractivity contribution in [2.24, 2.45) is 0 Å². The number of carbonyl (C=O) groups excluding carboxylic acids is 1. The molecular weight excluding hydrogens is 470 g/mol. The van der Waals surface area contributed by atoms with Gasteiger partial charge in [0.2, 0.25) is 5.91 Å². The molecule has 4 aromatic rings. The zero-order chi connectivity index (χ0) is 24.4. The largest absolute Gasteiger partial charge is 0.352 e. The molecule has 176 valence electrons. The summed E-state index contributed by atoms with van der Waals surface area (Å²) < 4.78 is 1.73. The number of non-ortho nitro benzene ring substituents is 1. The number of hydrogen-bond donors (Lipinski definition) is 0. The Morgan fingerprint density at radius 2 is 1.86 bits per heavy atom.